The highest BCUT2D eigenvalue weighted by Gasteiger charge is 2.19. The predicted octanol–water partition coefficient (Wildman–Crippen LogP) is 3.30. The van der Waals surface area contributed by atoms with Gasteiger partial charge in [0.1, 0.15) is 11.5 Å². The highest BCUT2D eigenvalue weighted by molar-refractivity contribution is 6.31. The summed E-state index contributed by atoms with van der Waals surface area (Å²) in [6, 6.07) is 1.87. The van der Waals surface area contributed by atoms with E-state index >= 15 is 0 Å². The van der Waals surface area contributed by atoms with Gasteiger partial charge in [0.15, 0.2) is 0 Å². The zero-order chi connectivity index (χ0) is 15.3. The fraction of sp³-hybridized carbons (Fsp3) is 0.417. The molecule has 1 atom stereocenters. The van der Waals surface area contributed by atoms with Crippen LogP contribution < -0.4 is 5.32 Å². The van der Waals surface area contributed by atoms with E-state index in [9.17, 15) is 19.3 Å². The second kappa shape index (κ2) is 7.04. The van der Waals surface area contributed by atoms with E-state index in [-0.39, 0.29) is 35.3 Å². The minimum Gasteiger partial charge on any atom is -0.481 e. The summed E-state index contributed by atoms with van der Waals surface area (Å²) in [6.45, 7) is 2.01. The summed E-state index contributed by atoms with van der Waals surface area (Å²) in [4.78, 5) is 20.8. The average Bonchev–Trinajstić information content (AvgIpc) is 2.37. The third kappa shape index (κ3) is 4.34. The van der Waals surface area contributed by atoms with E-state index in [4.69, 9.17) is 16.7 Å². The highest BCUT2D eigenvalue weighted by atomic mass is 35.5. The molecule has 0 aromatic heterocycles. The van der Waals surface area contributed by atoms with Gasteiger partial charge in [0, 0.05) is 25.1 Å². The third-order valence-corrected chi connectivity index (χ3v) is 3.15. The number of hydrogen-bond acceptors (Lipinski definition) is 4. The van der Waals surface area contributed by atoms with Crippen LogP contribution in [0.5, 0.6) is 0 Å². The Morgan fingerprint density at radius 1 is 1.60 bits per heavy atom. The number of halogens is 2. The largest absolute Gasteiger partial charge is 0.481 e. The topological polar surface area (TPSA) is 92.5 Å². The Balaban J connectivity index is 2.88. The standard InChI is InChI=1S/C12H14ClFN2O4/c1-2-7(3-12(17)18)6-15-10-5-9(14)8(13)4-11(10)16(19)20/h4-5,7,15H,2-3,6H2,1H3,(H,17,18). The molecule has 0 aliphatic carbocycles. The van der Waals surface area contributed by atoms with Crippen LogP contribution >= 0.6 is 11.6 Å². The third-order valence-electron chi connectivity index (χ3n) is 2.86. The number of carboxylic acids is 1. The lowest BCUT2D eigenvalue weighted by atomic mass is 10.0. The van der Waals surface area contributed by atoms with Crippen molar-refractivity contribution in [2.75, 3.05) is 11.9 Å². The molecule has 8 heteroatoms. The first kappa shape index (κ1) is 16.2. The smallest absolute Gasteiger partial charge is 0.303 e. The number of nitrogens with zero attached hydrogens (tertiary/aromatic N) is 1. The summed E-state index contributed by atoms with van der Waals surface area (Å²) in [6.07, 6.45) is 0.524. The number of carboxylic acid groups (broad SMARTS) is 1. The lowest BCUT2D eigenvalue weighted by Gasteiger charge is -2.14. The Bertz CT molecular complexity index is 524. The molecule has 0 fully saturated rings. The van der Waals surface area contributed by atoms with E-state index in [1.165, 1.54) is 0 Å². The average molecular weight is 305 g/mol. The van der Waals surface area contributed by atoms with Crippen molar-refractivity contribution in [3.8, 4) is 0 Å². The molecular formula is C12H14ClFN2O4. The zero-order valence-electron chi connectivity index (χ0n) is 10.7. The Morgan fingerprint density at radius 2 is 2.25 bits per heavy atom. The number of benzene rings is 1. The number of anilines is 1. The van der Waals surface area contributed by atoms with Gasteiger partial charge < -0.3 is 10.4 Å². The number of nitrogens with one attached hydrogen (secondary N) is 1. The van der Waals surface area contributed by atoms with Crippen LogP contribution in [0.25, 0.3) is 0 Å². The lowest BCUT2D eigenvalue weighted by Crippen LogP contribution is -2.17. The van der Waals surface area contributed by atoms with Crippen molar-refractivity contribution >= 4 is 28.9 Å². The van der Waals surface area contributed by atoms with E-state index in [1.807, 2.05) is 6.92 Å². The van der Waals surface area contributed by atoms with Crippen LogP contribution in [-0.4, -0.2) is 22.5 Å². The van der Waals surface area contributed by atoms with E-state index in [2.05, 4.69) is 5.32 Å². The van der Waals surface area contributed by atoms with Crippen molar-refractivity contribution in [1.29, 1.82) is 0 Å². The van der Waals surface area contributed by atoms with Crippen molar-refractivity contribution in [2.24, 2.45) is 5.92 Å². The quantitative estimate of drug-likeness (QED) is 0.595. The zero-order valence-corrected chi connectivity index (χ0v) is 11.5. The SMILES string of the molecule is CCC(CNc1cc(F)c(Cl)cc1[N+](=O)[O-])CC(=O)O. The Kier molecular flexibility index (Phi) is 5.69. The maximum Gasteiger partial charge on any atom is 0.303 e. The molecule has 1 aromatic carbocycles. The van der Waals surface area contributed by atoms with Crippen molar-refractivity contribution in [1.82, 2.24) is 0 Å². The Labute approximate surface area is 119 Å². The normalized spacial score (nSPS) is 11.9. The molecule has 0 amide bonds. The number of hydrogen-bond donors (Lipinski definition) is 2. The minimum atomic E-state index is -0.949. The molecule has 20 heavy (non-hydrogen) atoms. The molecule has 6 nitrogen and oxygen atoms in total. The molecule has 1 unspecified atom stereocenters. The van der Waals surface area contributed by atoms with Gasteiger partial charge in [-0.05, 0) is 5.92 Å². The molecule has 0 aliphatic heterocycles. The first-order chi connectivity index (χ1) is 9.35. The fourth-order valence-electron chi connectivity index (χ4n) is 1.69. The van der Waals surface area contributed by atoms with Crippen LogP contribution in [0.1, 0.15) is 19.8 Å². The fourth-order valence-corrected chi connectivity index (χ4v) is 1.85. The van der Waals surface area contributed by atoms with E-state index in [1.54, 1.807) is 0 Å². The second-order valence-electron chi connectivity index (χ2n) is 4.29. The molecule has 0 aliphatic rings. The number of aliphatic carboxylic acids is 1. The van der Waals surface area contributed by atoms with E-state index in [0.29, 0.717) is 6.42 Å². The van der Waals surface area contributed by atoms with Gasteiger partial charge >= 0.3 is 5.97 Å². The molecule has 0 radical (unpaired) electrons. The van der Waals surface area contributed by atoms with Crippen molar-refractivity contribution in [3.63, 3.8) is 0 Å². The molecular weight excluding hydrogens is 291 g/mol. The predicted molar refractivity (Wildman–Crippen MR) is 72.6 cm³/mol. The Hall–Kier alpha value is -1.89. The van der Waals surface area contributed by atoms with Gasteiger partial charge in [-0.15, -0.1) is 0 Å². The summed E-state index contributed by atoms with van der Waals surface area (Å²) in [7, 11) is 0. The van der Waals surface area contributed by atoms with Crippen LogP contribution in [0, 0.1) is 21.8 Å². The van der Waals surface area contributed by atoms with Crippen LogP contribution in [-0.2, 0) is 4.79 Å². The summed E-state index contributed by atoms with van der Waals surface area (Å²) >= 11 is 5.50. The Morgan fingerprint density at radius 3 is 2.75 bits per heavy atom. The number of rotatable bonds is 7. The molecule has 1 aromatic rings. The highest BCUT2D eigenvalue weighted by Crippen LogP contribution is 2.30. The molecule has 2 N–H and O–H groups in total. The molecule has 110 valence electrons. The van der Waals surface area contributed by atoms with Gasteiger partial charge in [0.25, 0.3) is 5.69 Å². The molecule has 1 rings (SSSR count). The summed E-state index contributed by atoms with van der Waals surface area (Å²) in [5, 5.41) is 22.0. The summed E-state index contributed by atoms with van der Waals surface area (Å²) in [5.41, 5.74) is -0.359. The second-order valence-corrected chi connectivity index (χ2v) is 4.70. The summed E-state index contributed by atoms with van der Waals surface area (Å²) < 4.78 is 13.4. The number of nitro benzene ring substituents is 1. The van der Waals surface area contributed by atoms with Crippen LogP contribution in [0.15, 0.2) is 12.1 Å². The number of carbonyl (C=O) groups is 1. The van der Waals surface area contributed by atoms with E-state index < -0.39 is 16.7 Å². The first-order valence-corrected chi connectivity index (χ1v) is 6.32. The van der Waals surface area contributed by atoms with Gasteiger partial charge in [0.2, 0.25) is 0 Å². The molecule has 0 bridgehead atoms. The van der Waals surface area contributed by atoms with E-state index in [0.717, 1.165) is 12.1 Å². The van der Waals surface area contributed by atoms with Crippen molar-refractivity contribution in [3.05, 3.63) is 33.1 Å². The molecule has 0 saturated carbocycles. The summed E-state index contributed by atoms with van der Waals surface area (Å²) in [5.74, 6) is -1.92. The van der Waals surface area contributed by atoms with Crippen molar-refractivity contribution in [2.45, 2.75) is 19.8 Å². The van der Waals surface area contributed by atoms with Crippen LogP contribution in [0.2, 0.25) is 5.02 Å². The monoisotopic (exact) mass is 304 g/mol. The molecule has 0 saturated heterocycles. The first-order valence-electron chi connectivity index (χ1n) is 5.94. The lowest BCUT2D eigenvalue weighted by molar-refractivity contribution is -0.384. The van der Waals surface area contributed by atoms with Gasteiger partial charge in [-0.2, -0.15) is 0 Å². The molecule has 0 heterocycles. The van der Waals surface area contributed by atoms with Crippen LogP contribution in [0.4, 0.5) is 15.8 Å². The maximum absolute atomic E-state index is 13.4. The van der Waals surface area contributed by atoms with Gasteiger partial charge in [-0.3, -0.25) is 14.9 Å². The molecule has 0 spiro atoms. The van der Waals surface area contributed by atoms with Gasteiger partial charge in [-0.25, -0.2) is 4.39 Å². The van der Waals surface area contributed by atoms with Crippen LogP contribution in [0.3, 0.4) is 0 Å². The number of nitro groups is 1. The van der Waals surface area contributed by atoms with Gasteiger partial charge in [0.05, 0.1) is 9.95 Å². The maximum atomic E-state index is 13.4. The minimum absolute atomic E-state index is 0.0132. The van der Waals surface area contributed by atoms with Gasteiger partial charge in [-0.1, -0.05) is 24.9 Å². The van der Waals surface area contributed by atoms with Crippen molar-refractivity contribution < 1.29 is 19.2 Å².